The lowest BCUT2D eigenvalue weighted by molar-refractivity contribution is 0.0733. The minimum absolute atomic E-state index is 0.0406. The Kier molecular flexibility index (Phi) is 4.62. The number of fused-ring (bicyclic) bond motifs is 1. The first-order valence-electron chi connectivity index (χ1n) is 7.47. The summed E-state index contributed by atoms with van der Waals surface area (Å²) in [7, 11) is 1.57. The fourth-order valence-corrected chi connectivity index (χ4v) is 3.39. The molecule has 0 unspecified atom stereocenters. The van der Waals surface area contributed by atoms with Crippen LogP contribution in [0, 0.1) is 0 Å². The molecule has 6 heteroatoms. The van der Waals surface area contributed by atoms with Gasteiger partial charge in [0.25, 0.3) is 11.8 Å². The highest BCUT2D eigenvalue weighted by molar-refractivity contribution is 7.12. The molecule has 1 N–H and O–H groups in total. The average Bonchev–Trinajstić information content (AvgIpc) is 3.06. The van der Waals surface area contributed by atoms with E-state index in [0.29, 0.717) is 30.3 Å². The maximum absolute atomic E-state index is 12.4. The highest BCUT2D eigenvalue weighted by Gasteiger charge is 2.23. The van der Waals surface area contributed by atoms with Gasteiger partial charge in [0.05, 0.1) is 12.0 Å². The van der Waals surface area contributed by atoms with Gasteiger partial charge in [-0.1, -0.05) is 18.2 Å². The zero-order valence-corrected chi connectivity index (χ0v) is 13.7. The van der Waals surface area contributed by atoms with Gasteiger partial charge in [0, 0.05) is 36.6 Å². The lowest BCUT2D eigenvalue weighted by atomic mass is 9.99. The molecule has 3 rings (SSSR count). The normalized spacial score (nSPS) is 13.6. The Balaban J connectivity index is 1.53. The van der Waals surface area contributed by atoms with Gasteiger partial charge in [0.2, 0.25) is 0 Å². The molecule has 0 bridgehead atoms. The number of rotatable bonds is 5. The van der Waals surface area contributed by atoms with Gasteiger partial charge in [-0.3, -0.25) is 9.59 Å². The van der Waals surface area contributed by atoms with Crippen LogP contribution in [0.4, 0.5) is 0 Å². The second-order valence-electron chi connectivity index (χ2n) is 5.31. The fraction of sp³-hybridized carbons (Fsp3) is 0.294. The predicted molar refractivity (Wildman–Crippen MR) is 89.3 cm³/mol. The summed E-state index contributed by atoms with van der Waals surface area (Å²) in [5, 5.41) is 4.64. The van der Waals surface area contributed by atoms with Gasteiger partial charge in [-0.15, -0.1) is 11.3 Å². The Morgan fingerprint density at radius 3 is 3.00 bits per heavy atom. The first-order valence-corrected chi connectivity index (χ1v) is 8.35. The van der Waals surface area contributed by atoms with E-state index < -0.39 is 0 Å². The van der Waals surface area contributed by atoms with Crippen molar-refractivity contribution >= 4 is 23.2 Å². The summed E-state index contributed by atoms with van der Waals surface area (Å²) in [5.74, 6) is 0.588. The Morgan fingerprint density at radius 1 is 1.39 bits per heavy atom. The largest absolute Gasteiger partial charge is 0.496 e. The van der Waals surface area contributed by atoms with Crippen LogP contribution < -0.4 is 10.1 Å². The number of nitrogens with one attached hydrogen (secondary N) is 1. The van der Waals surface area contributed by atoms with Crippen LogP contribution in [0.2, 0.25) is 0 Å². The summed E-state index contributed by atoms with van der Waals surface area (Å²) >= 11 is 1.34. The second-order valence-corrected chi connectivity index (χ2v) is 6.22. The first-order chi connectivity index (χ1) is 11.2. The molecule has 0 fully saturated rings. The van der Waals surface area contributed by atoms with Crippen LogP contribution >= 0.6 is 11.3 Å². The number of carbonyl (C=O) groups excluding carboxylic acids is 2. The number of ether oxygens (including phenoxy) is 1. The Morgan fingerprint density at radius 2 is 2.22 bits per heavy atom. The van der Waals surface area contributed by atoms with Crippen LogP contribution in [0.3, 0.4) is 0 Å². The van der Waals surface area contributed by atoms with Gasteiger partial charge < -0.3 is 15.0 Å². The van der Waals surface area contributed by atoms with Gasteiger partial charge in [-0.2, -0.15) is 0 Å². The molecule has 1 aromatic carbocycles. The van der Waals surface area contributed by atoms with Crippen molar-refractivity contribution < 1.29 is 14.3 Å². The zero-order valence-electron chi connectivity index (χ0n) is 12.9. The third-order valence-electron chi connectivity index (χ3n) is 3.89. The molecule has 0 saturated heterocycles. The van der Waals surface area contributed by atoms with Crippen molar-refractivity contribution in [2.45, 2.75) is 6.42 Å². The predicted octanol–water partition coefficient (Wildman–Crippen LogP) is 2.19. The summed E-state index contributed by atoms with van der Waals surface area (Å²) in [6.07, 6.45) is 0.859. The molecule has 1 aliphatic heterocycles. The van der Waals surface area contributed by atoms with Crippen molar-refractivity contribution in [1.29, 1.82) is 0 Å². The number of benzene rings is 1. The van der Waals surface area contributed by atoms with E-state index in [9.17, 15) is 9.59 Å². The van der Waals surface area contributed by atoms with E-state index in [-0.39, 0.29) is 11.8 Å². The monoisotopic (exact) mass is 330 g/mol. The van der Waals surface area contributed by atoms with Crippen LogP contribution in [0.1, 0.15) is 25.6 Å². The summed E-state index contributed by atoms with van der Waals surface area (Å²) in [6, 6.07) is 9.41. The molecule has 0 radical (unpaired) electrons. The van der Waals surface area contributed by atoms with Crippen LogP contribution in [0.25, 0.3) is 0 Å². The minimum atomic E-state index is -0.136. The van der Waals surface area contributed by atoms with E-state index in [2.05, 4.69) is 5.32 Å². The molecule has 0 saturated carbocycles. The Labute approximate surface area is 138 Å². The molecule has 0 atom stereocenters. The molecule has 23 heavy (non-hydrogen) atoms. The van der Waals surface area contributed by atoms with E-state index >= 15 is 0 Å². The SMILES string of the molecule is COc1csc(C(=O)NCCN2CCc3ccccc3C2=O)c1. The molecule has 5 nitrogen and oxygen atoms in total. The first kappa shape index (κ1) is 15.6. The topological polar surface area (TPSA) is 58.6 Å². The van der Waals surface area contributed by atoms with Crippen molar-refractivity contribution in [3.8, 4) is 5.75 Å². The quantitative estimate of drug-likeness (QED) is 0.914. The minimum Gasteiger partial charge on any atom is -0.496 e. The van der Waals surface area contributed by atoms with Crippen LogP contribution in [0.5, 0.6) is 5.75 Å². The van der Waals surface area contributed by atoms with Crippen LogP contribution in [-0.2, 0) is 6.42 Å². The standard InChI is InChI=1S/C17H18N2O3S/c1-22-13-10-15(23-11-13)16(20)18-7-9-19-8-6-12-4-2-3-5-14(12)17(19)21/h2-5,10-11H,6-9H2,1H3,(H,18,20). The summed E-state index contributed by atoms with van der Waals surface area (Å²) in [6.45, 7) is 1.65. The number of thiophene rings is 1. The molecule has 120 valence electrons. The summed E-state index contributed by atoms with van der Waals surface area (Å²) in [5.41, 5.74) is 1.87. The number of amides is 2. The Hall–Kier alpha value is -2.34. The van der Waals surface area contributed by atoms with Gasteiger partial charge >= 0.3 is 0 Å². The van der Waals surface area contributed by atoms with Crippen molar-refractivity contribution in [2.75, 3.05) is 26.7 Å². The number of hydrogen-bond acceptors (Lipinski definition) is 4. The molecule has 2 amide bonds. The molecule has 0 spiro atoms. The van der Waals surface area contributed by atoms with E-state index in [1.54, 1.807) is 23.5 Å². The van der Waals surface area contributed by atoms with Crippen molar-refractivity contribution in [1.82, 2.24) is 10.2 Å². The van der Waals surface area contributed by atoms with Crippen molar-refractivity contribution in [2.24, 2.45) is 0 Å². The van der Waals surface area contributed by atoms with Gasteiger partial charge in [0.15, 0.2) is 0 Å². The van der Waals surface area contributed by atoms with E-state index in [0.717, 1.165) is 17.5 Å². The van der Waals surface area contributed by atoms with Crippen LogP contribution in [-0.4, -0.2) is 43.5 Å². The molecule has 0 aliphatic carbocycles. The highest BCUT2D eigenvalue weighted by atomic mass is 32.1. The third kappa shape index (κ3) is 3.37. The smallest absolute Gasteiger partial charge is 0.261 e. The molecular weight excluding hydrogens is 312 g/mol. The Bertz CT molecular complexity index is 726. The van der Waals surface area contributed by atoms with Crippen molar-refractivity contribution in [3.63, 3.8) is 0 Å². The van der Waals surface area contributed by atoms with E-state index in [1.165, 1.54) is 11.3 Å². The van der Waals surface area contributed by atoms with Gasteiger partial charge in [-0.25, -0.2) is 0 Å². The summed E-state index contributed by atoms with van der Waals surface area (Å²) in [4.78, 5) is 26.8. The summed E-state index contributed by atoms with van der Waals surface area (Å²) < 4.78 is 5.07. The molecule has 1 aromatic heterocycles. The van der Waals surface area contributed by atoms with Crippen LogP contribution in [0.15, 0.2) is 35.7 Å². The van der Waals surface area contributed by atoms with Gasteiger partial charge in [-0.05, 0) is 18.1 Å². The third-order valence-corrected chi connectivity index (χ3v) is 4.80. The second kappa shape index (κ2) is 6.83. The number of hydrogen-bond donors (Lipinski definition) is 1. The maximum atomic E-state index is 12.4. The van der Waals surface area contributed by atoms with Crippen molar-refractivity contribution in [3.05, 3.63) is 51.7 Å². The number of methoxy groups -OCH3 is 1. The molecule has 1 aliphatic rings. The fourth-order valence-electron chi connectivity index (χ4n) is 2.62. The molecule has 2 aromatic rings. The molecular formula is C17H18N2O3S. The lowest BCUT2D eigenvalue weighted by Crippen LogP contribution is -2.42. The molecule has 2 heterocycles. The maximum Gasteiger partial charge on any atom is 0.261 e. The lowest BCUT2D eigenvalue weighted by Gasteiger charge is -2.28. The van der Waals surface area contributed by atoms with E-state index in [4.69, 9.17) is 4.74 Å². The number of nitrogens with zero attached hydrogens (tertiary/aromatic N) is 1. The van der Waals surface area contributed by atoms with E-state index in [1.807, 2.05) is 24.3 Å². The highest BCUT2D eigenvalue weighted by Crippen LogP contribution is 2.21. The number of carbonyl (C=O) groups is 2. The van der Waals surface area contributed by atoms with Gasteiger partial charge in [0.1, 0.15) is 5.75 Å². The zero-order chi connectivity index (χ0) is 16.2. The average molecular weight is 330 g/mol.